The molecule has 1 atom stereocenters. The molecular weight excluding hydrogens is 410 g/mol. The molecule has 9 heteroatoms. The molecule has 1 aliphatic heterocycles. The van der Waals surface area contributed by atoms with E-state index >= 15 is 0 Å². The van der Waals surface area contributed by atoms with Gasteiger partial charge >= 0.3 is 0 Å². The number of nitrogens with one attached hydrogen (secondary N) is 2. The number of methoxy groups -OCH3 is 1. The highest BCUT2D eigenvalue weighted by atomic mass is 35.5. The van der Waals surface area contributed by atoms with Crippen LogP contribution in [0.25, 0.3) is 0 Å². The standard InChI is InChI=1S/C21H22ClN3O5/c1-3-30-16-7-5-15(6-8-16)25-12-13(10-19(25)26)20(27)23-24-21(28)17-11-14(22)4-9-18(17)29-2/h4-9,11,13H,3,10,12H2,1-2H3,(H,23,27)(H,24,28). The zero-order valence-corrected chi connectivity index (χ0v) is 17.4. The summed E-state index contributed by atoms with van der Waals surface area (Å²) in [6.07, 6.45) is 0.0510. The Bertz CT molecular complexity index is 948. The lowest BCUT2D eigenvalue weighted by Gasteiger charge is -2.17. The van der Waals surface area contributed by atoms with Crippen molar-refractivity contribution < 1.29 is 23.9 Å². The predicted molar refractivity (Wildman–Crippen MR) is 112 cm³/mol. The maximum absolute atomic E-state index is 12.5. The molecule has 8 nitrogen and oxygen atoms in total. The third-order valence-electron chi connectivity index (χ3n) is 4.66. The largest absolute Gasteiger partial charge is 0.496 e. The van der Waals surface area contributed by atoms with E-state index in [0.717, 1.165) is 0 Å². The third-order valence-corrected chi connectivity index (χ3v) is 4.90. The van der Waals surface area contributed by atoms with Gasteiger partial charge in [0.2, 0.25) is 11.8 Å². The Hall–Kier alpha value is -3.26. The molecule has 1 saturated heterocycles. The van der Waals surface area contributed by atoms with Crippen molar-refractivity contribution in [1.82, 2.24) is 10.9 Å². The summed E-state index contributed by atoms with van der Waals surface area (Å²) in [6.45, 7) is 2.66. The van der Waals surface area contributed by atoms with Gasteiger partial charge in [-0.3, -0.25) is 25.2 Å². The third kappa shape index (κ3) is 4.83. The van der Waals surface area contributed by atoms with Crippen molar-refractivity contribution in [2.45, 2.75) is 13.3 Å². The summed E-state index contributed by atoms with van der Waals surface area (Å²) in [6, 6.07) is 11.7. The number of rotatable bonds is 6. The number of benzene rings is 2. The quantitative estimate of drug-likeness (QED) is 0.685. The molecule has 0 radical (unpaired) electrons. The Labute approximate surface area is 179 Å². The Morgan fingerprint density at radius 2 is 1.90 bits per heavy atom. The second-order valence-corrected chi connectivity index (χ2v) is 7.06. The van der Waals surface area contributed by atoms with E-state index in [1.54, 1.807) is 41.3 Å². The number of anilines is 1. The number of ether oxygens (including phenoxy) is 2. The van der Waals surface area contributed by atoms with Gasteiger partial charge in [-0.1, -0.05) is 11.6 Å². The summed E-state index contributed by atoms with van der Waals surface area (Å²) in [7, 11) is 1.43. The van der Waals surface area contributed by atoms with Gasteiger partial charge in [-0.2, -0.15) is 0 Å². The molecule has 0 aliphatic carbocycles. The van der Waals surface area contributed by atoms with Crippen LogP contribution in [0.15, 0.2) is 42.5 Å². The van der Waals surface area contributed by atoms with E-state index < -0.39 is 17.7 Å². The Kier molecular flexibility index (Phi) is 6.79. The van der Waals surface area contributed by atoms with Crippen LogP contribution in [0.1, 0.15) is 23.7 Å². The van der Waals surface area contributed by atoms with Crippen molar-refractivity contribution in [3.05, 3.63) is 53.1 Å². The lowest BCUT2D eigenvalue weighted by Crippen LogP contribution is -2.45. The monoisotopic (exact) mass is 431 g/mol. The molecule has 158 valence electrons. The summed E-state index contributed by atoms with van der Waals surface area (Å²) in [4.78, 5) is 38.8. The van der Waals surface area contributed by atoms with Gasteiger partial charge in [0.15, 0.2) is 0 Å². The van der Waals surface area contributed by atoms with Crippen LogP contribution in [0.5, 0.6) is 11.5 Å². The molecule has 1 aliphatic rings. The second kappa shape index (κ2) is 9.49. The number of halogens is 1. The smallest absolute Gasteiger partial charge is 0.273 e. The molecule has 0 bridgehead atoms. The molecule has 0 spiro atoms. The topological polar surface area (TPSA) is 97.0 Å². The number of carbonyl (C=O) groups is 3. The zero-order valence-electron chi connectivity index (χ0n) is 16.6. The lowest BCUT2D eigenvalue weighted by atomic mass is 10.1. The minimum atomic E-state index is -0.592. The van der Waals surface area contributed by atoms with Crippen LogP contribution in [0.2, 0.25) is 5.02 Å². The lowest BCUT2D eigenvalue weighted by molar-refractivity contribution is -0.126. The van der Waals surface area contributed by atoms with E-state index in [-0.39, 0.29) is 24.4 Å². The number of nitrogens with zero attached hydrogens (tertiary/aromatic N) is 1. The first-order chi connectivity index (χ1) is 14.4. The molecule has 0 aromatic heterocycles. The second-order valence-electron chi connectivity index (χ2n) is 6.62. The average molecular weight is 432 g/mol. The van der Waals surface area contributed by atoms with E-state index in [4.69, 9.17) is 21.1 Å². The van der Waals surface area contributed by atoms with Gasteiger partial charge in [-0.15, -0.1) is 0 Å². The summed E-state index contributed by atoms with van der Waals surface area (Å²) in [5.41, 5.74) is 5.59. The Morgan fingerprint density at radius 3 is 2.57 bits per heavy atom. The van der Waals surface area contributed by atoms with Gasteiger partial charge in [0.05, 0.1) is 25.2 Å². The number of carbonyl (C=O) groups excluding carboxylic acids is 3. The predicted octanol–water partition coefficient (Wildman–Crippen LogP) is 2.56. The summed E-state index contributed by atoms with van der Waals surface area (Å²) in [5.74, 6) is -0.750. The van der Waals surface area contributed by atoms with Gasteiger partial charge < -0.3 is 14.4 Å². The van der Waals surface area contributed by atoms with Crippen LogP contribution in [-0.4, -0.2) is 38.0 Å². The van der Waals surface area contributed by atoms with Crippen LogP contribution in [0.3, 0.4) is 0 Å². The van der Waals surface area contributed by atoms with Gasteiger partial charge in [0.1, 0.15) is 11.5 Å². The number of hydrogen-bond acceptors (Lipinski definition) is 5. The van der Waals surface area contributed by atoms with Crippen molar-refractivity contribution in [1.29, 1.82) is 0 Å². The van der Waals surface area contributed by atoms with Crippen LogP contribution < -0.4 is 25.2 Å². The molecule has 0 saturated carbocycles. The molecule has 2 aromatic carbocycles. The maximum Gasteiger partial charge on any atom is 0.273 e. The van der Waals surface area contributed by atoms with Crippen molar-refractivity contribution >= 4 is 35.0 Å². The molecule has 1 unspecified atom stereocenters. The van der Waals surface area contributed by atoms with Gasteiger partial charge in [0.25, 0.3) is 5.91 Å². The average Bonchev–Trinajstić information content (AvgIpc) is 3.14. The van der Waals surface area contributed by atoms with E-state index in [0.29, 0.717) is 28.8 Å². The number of hydrogen-bond donors (Lipinski definition) is 2. The highest BCUT2D eigenvalue weighted by molar-refractivity contribution is 6.31. The van der Waals surface area contributed by atoms with Gasteiger partial charge in [-0.05, 0) is 49.4 Å². The summed E-state index contributed by atoms with van der Waals surface area (Å²) in [5, 5.41) is 0.361. The first-order valence-corrected chi connectivity index (χ1v) is 9.77. The number of amides is 3. The number of hydrazine groups is 1. The Morgan fingerprint density at radius 1 is 1.17 bits per heavy atom. The Balaban J connectivity index is 1.59. The summed E-state index contributed by atoms with van der Waals surface area (Å²) < 4.78 is 10.5. The highest BCUT2D eigenvalue weighted by Gasteiger charge is 2.35. The van der Waals surface area contributed by atoms with E-state index in [1.807, 2.05) is 6.92 Å². The van der Waals surface area contributed by atoms with E-state index in [9.17, 15) is 14.4 Å². The first-order valence-electron chi connectivity index (χ1n) is 9.40. The molecule has 3 amide bonds. The minimum Gasteiger partial charge on any atom is -0.496 e. The van der Waals surface area contributed by atoms with Crippen LogP contribution >= 0.6 is 11.6 Å². The van der Waals surface area contributed by atoms with Gasteiger partial charge in [-0.25, -0.2) is 0 Å². The normalized spacial score (nSPS) is 15.6. The molecule has 30 heavy (non-hydrogen) atoms. The SMILES string of the molecule is CCOc1ccc(N2CC(C(=O)NNC(=O)c3cc(Cl)ccc3OC)CC2=O)cc1. The minimum absolute atomic E-state index is 0.0510. The maximum atomic E-state index is 12.5. The molecular formula is C21H22ClN3O5. The zero-order chi connectivity index (χ0) is 21.7. The van der Waals surface area contributed by atoms with Gasteiger partial charge in [0, 0.05) is 23.7 Å². The van der Waals surface area contributed by atoms with E-state index in [1.165, 1.54) is 13.2 Å². The first kappa shape index (κ1) is 21.4. The molecule has 1 fully saturated rings. The van der Waals surface area contributed by atoms with Crippen molar-refractivity contribution in [2.24, 2.45) is 5.92 Å². The van der Waals surface area contributed by atoms with Crippen molar-refractivity contribution in [3.8, 4) is 11.5 Å². The molecule has 1 heterocycles. The fourth-order valence-electron chi connectivity index (χ4n) is 3.17. The summed E-state index contributed by atoms with van der Waals surface area (Å²) >= 11 is 5.93. The van der Waals surface area contributed by atoms with Crippen molar-refractivity contribution in [2.75, 3.05) is 25.2 Å². The molecule has 3 rings (SSSR count). The van der Waals surface area contributed by atoms with Crippen molar-refractivity contribution in [3.63, 3.8) is 0 Å². The molecule has 2 aromatic rings. The van der Waals surface area contributed by atoms with Crippen LogP contribution in [-0.2, 0) is 9.59 Å². The fraction of sp³-hybridized carbons (Fsp3) is 0.286. The van der Waals surface area contributed by atoms with E-state index in [2.05, 4.69) is 10.9 Å². The molecule has 2 N–H and O–H groups in total. The fourth-order valence-corrected chi connectivity index (χ4v) is 3.34. The van der Waals surface area contributed by atoms with Crippen LogP contribution in [0, 0.1) is 5.92 Å². The van der Waals surface area contributed by atoms with Crippen LogP contribution in [0.4, 0.5) is 5.69 Å². The highest BCUT2D eigenvalue weighted by Crippen LogP contribution is 2.27.